The highest BCUT2D eigenvalue weighted by Crippen LogP contribution is 2.30. The van der Waals surface area contributed by atoms with Gasteiger partial charge in [0.15, 0.2) is 5.13 Å². The van der Waals surface area contributed by atoms with Gasteiger partial charge < -0.3 is 4.74 Å². The summed E-state index contributed by atoms with van der Waals surface area (Å²) in [5.41, 5.74) is 2.11. The highest BCUT2D eigenvalue weighted by Gasteiger charge is 2.17. The Morgan fingerprint density at radius 2 is 2.13 bits per heavy atom. The van der Waals surface area contributed by atoms with Gasteiger partial charge >= 0.3 is 0 Å². The first-order chi connectivity index (χ1) is 11.3. The van der Waals surface area contributed by atoms with E-state index in [4.69, 9.17) is 4.74 Å². The summed E-state index contributed by atoms with van der Waals surface area (Å²) in [5.74, 6) is -0.168. The van der Waals surface area contributed by atoms with Crippen molar-refractivity contribution in [2.45, 2.75) is 25.9 Å². The molecule has 1 aliphatic carbocycles. The number of nitrogens with zero attached hydrogens (tertiary/aromatic N) is 2. The molecule has 1 amide bonds. The first-order valence-electron chi connectivity index (χ1n) is 7.48. The highest BCUT2D eigenvalue weighted by molar-refractivity contribution is 7.18. The molecule has 0 spiro atoms. The number of aromatic nitrogens is 2. The molecule has 118 valence electrons. The van der Waals surface area contributed by atoms with Gasteiger partial charge in [-0.1, -0.05) is 12.1 Å². The average molecular weight is 345 g/mol. The van der Waals surface area contributed by atoms with Gasteiger partial charge in [0, 0.05) is 4.88 Å². The van der Waals surface area contributed by atoms with E-state index in [-0.39, 0.29) is 12.5 Å². The van der Waals surface area contributed by atoms with E-state index in [9.17, 15) is 4.79 Å². The molecule has 3 aromatic rings. The molecule has 2 aromatic heterocycles. The van der Waals surface area contributed by atoms with Crippen molar-refractivity contribution >= 4 is 43.9 Å². The second kappa shape index (κ2) is 6.35. The molecule has 1 N–H and O–H groups in total. The fraction of sp³-hybridized carbons (Fsp3) is 0.312. The number of hydrogen-bond acceptors (Lipinski definition) is 6. The lowest BCUT2D eigenvalue weighted by Gasteiger charge is -2.02. The van der Waals surface area contributed by atoms with Gasteiger partial charge in [-0.3, -0.25) is 10.1 Å². The zero-order valence-electron chi connectivity index (χ0n) is 12.4. The highest BCUT2D eigenvalue weighted by atomic mass is 32.1. The van der Waals surface area contributed by atoms with Crippen LogP contribution in [0.5, 0.6) is 0 Å². The molecule has 2 heterocycles. The number of amides is 1. The lowest BCUT2D eigenvalue weighted by atomic mass is 10.3. The van der Waals surface area contributed by atoms with Crippen molar-refractivity contribution in [3.05, 3.63) is 39.8 Å². The number of benzene rings is 1. The van der Waals surface area contributed by atoms with E-state index in [0.29, 0.717) is 11.7 Å². The number of ether oxygens (including phenoxy) is 1. The van der Waals surface area contributed by atoms with Crippen LogP contribution in [0.1, 0.15) is 22.0 Å². The second-order valence-corrected chi connectivity index (χ2v) is 7.56. The average Bonchev–Trinajstić information content (AvgIpc) is 3.20. The van der Waals surface area contributed by atoms with E-state index >= 15 is 0 Å². The Bertz CT molecular complexity index is 802. The molecule has 0 aliphatic heterocycles. The van der Waals surface area contributed by atoms with Crippen LogP contribution in [0.3, 0.4) is 0 Å². The van der Waals surface area contributed by atoms with Crippen LogP contribution in [-0.2, 0) is 29.0 Å². The monoisotopic (exact) mass is 345 g/mol. The van der Waals surface area contributed by atoms with Crippen molar-refractivity contribution in [3.8, 4) is 0 Å². The van der Waals surface area contributed by atoms with Gasteiger partial charge in [0.25, 0.3) is 5.91 Å². The summed E-state index contributed by atoms with van der Waals surface area (Å²) in [6.45, 7) is 0.362. The number of carbonyl (C=O) groups excluding carboxylic acids is 1. The number of para-hydroxylation sites is 1. The molecular formula is C16H15N3O2S2. The van der Waals surface area contributed by atoms with E-state index in [1.165, 1.54) is 11.3 Å². The summed E-state index contributed by atoms with van der Waals surface area (Å²) in [6, 6.07) is 7.96. The second-order valence-electron chi connectivity index (χ2n) is 5.36. The van der Waals surface area contributed by atoms with Gasteiger partial charge in [-0.2, -0.15) is 0 Å². The van der Waals surface area contributed by atoms with Crippen molar-refractivity contribution in [1.82, 2.24) is 9.97 Å². The Balaban J connectivity index is 1.29. The minimum absolute atomic E-state index is 0.0141. The SMILES string of the molecule is O=C(COCc1nc2ccccc2s1)Nc1nc2c(s1)CCC2. The number of fused-ring (bicyclic) bond motifs is 2. The summed E-state index contributed by atoms with van der Waals surface area (Å²) >= 11 is 3.16. The molecule has 0 radical (unpaired) electrons. The van der Waals surface area contributed by atoms with Crippen LogP contribution < -0.4 is 5.32 Å². The number of thiazole rings is 2. The molecule has 0 saturated carbocycles. The molecule has 4 rings (SSSR count). The van der Waals surface area contributed by atoms with Crippen molar-refractivity contribution in [2.24, 2.45) is 0 Å². The van der Waals surface area contributed by atoms with Gasteiger partial charge in [0.05, 0.1) is 22.5 Å². The molecule has 7 heteroatoms. The Morgan fingerprint density at radius 3 is 3.00 bits per heavy atom. The van der Waals surface area contributed by atoms with Crippen molar-refractivity contribution in [3.63, 3.8) is 0 Å². The van der Waals surface area contributed by atoms with Gasteiger partial charge in [0.1, 0.15) is 11.6 Å². The lowest BCUT2D eigenvalue weighted by molar-refractivity contribution is -0.121. The fourth-order valence-electron chi connectivity index (χ4n) is 2.61. The predicted octanol–water partition coefficient (Wildman–Crippen LogP) is 3.40. The van der Waals surface area contributed by atoms with Gasteiger partial charge in [-0.25, -0.2) is 9.97 Å². The molecule has 1 aromatic carbocycles. The molecule has 5 nitrogen and oxygen atoms in total. The third-order valence-electron chi connectivity index (χ3n) is 3.64. The van der Waals surface area contributed by atoms with Crippen LogP contribution in [0, 0.1) is 0 Å². The number of carbonyl (C=O) groups is 1. The number of hydrogen-bond donors (Lipinski definition) is 1. The maximum Gasteiger partial charge on any atom is 0.252 e. The zero-order chi connectivity index (χ0) is 15.6. The summed E-state index contributed by atoms with van der Waals surface area (Å²) in [5, 5.41) is 4.38. The molecule has 0 unspecified atom stereocenters. The lowest BCUT2D eigenvalue weighted by Crippen LogP contribution is -2.18. The third kappa shape index (κ3) is 3.26. The van der Waals surface area contributed by atoms with Crippen molar-refractivity contribution in [2.75, 3.05) is 11.9 Å². The number of anilines is 1. The summed E-state index contributed by atoms with van der Waals surface area (Å²) in [4.78, 5) is 22.1. The quantitative estimate of drug-likeness (QED) is 0.770. The Labute approximate surface area is 141 Å². The number of rotatable bonds is 5. The van der Waals surface area contributed by atoms with Crippen LogP contribution in [0.15, 0.2) is 24.3 Å². The first-order valence-corrected chi connectivity index (χ1v) is 9.12. The summed E-state index contributed by atoms with van der Waals surface area (Å²) in [6.07, 6.45) is 3.28. The third-order valence-corrected chi connectivity index (χ3v) is 5.72. The molecular weight excluding hydrogens is 330 g/mol. The maximum absolute atomic E-state index is 11.9. The van der Waals surface area contributed by atoms with Crippen LogP contribution >= 0.6 is 22.7 Å². The molecule has 23 heavy (non-hydrogen) atoms. The predicted molar refractivity (Wildman–Crippen MR) is 92.0 cm³/mol. The minimum Gasteiger partial charge on any atom is -0.364 e. The fourth-order valence-corrected chi connectivity index (χ4v) is 4.58. The summed E-state index contributed by atoms with van der Waals surface area (Å²) in [7, 11) is 0. The van der Waals surface area contributed by atoms with Crippen molar-refractivity contribution in [1.29, 1.82) is 0 Å². The van der Waals surface area contributed by atoms with Crippen LogP contribution in [0.25, 0.3) is 10.2 Å². The Hall–Kier alpha value is -1.83. The summed E-state index contributed by atoms with van der Waals surface area (Å²) < 4.78 is 6.61. The smallest absolute Gasteiger partial charge is 0.252 e. The van der Waals surface area contributed by atoms with Gasteiger partial charge in [-0.05, 0) is 31.4 Å². The van der Waals surface area contributed by atoms with Gasteiger partial charge in [0.2, 0.25) is 0 Å². The number of nitrogens with one attached hydrogen (secondary N) is 1. The molecule has 1 aliphatic rings. The minimum atomic E-state index is -0.168. The molecule has 0 atom stereocenters. The van der Waals surface area contributed by atoms with Crippen LogP contribution in [0.4, 0.5) is 5.13 Å². The van der Waals surface area contributed by atoms with E-state index in [0.717, 1.165) is 33.8 Å². The first kappa shape index (κ1) is 14.7. The molecule has 0 fully saturated rings. The van der Waals surface area contributed by atoms with E-state index in [1.54, 1.807) is 22.7 Å². The van der Waals surface area contributed by atoms with Crippen LogP contribution in [0.2, 0.25) is 0 Å². The zero-order valence-corrected chi connectivity index (χ0v) is 14.0. The van der Waals surface area contributed by atoms with E-state index in [2.05, 4.69) is 15.3 Å². The Morgan fingerprint density at radius 1 is 1.22 bits per heavy atom. The number of aryl methyl sites for hydroxylation is 2. The standard InChI is InChI=1S/C16H15N3O2S2/c20-14(19-16-18-11-5-3-7-13(11)23-16)8-21-9-15-17-10-4-1-2-6-12(10)22-15/h1-2,4,6H,3,5,7-9H2,(H,18,19,20). The Kier molecular flexibility index (Phi) is 4.07. The maximum atomic E-state index is 11.9. The van der Waals surface area contributed by atoms with E-state index in [1.807, 2.05) is 24.3 Å². The van der Waals surface area contributed by atoms with Crippen LogP contribution in [-0.4, -0.2) is 22.5 Å². The molecule has 0 bridgehead atoms. The van der Waals surface area contributed by atoms with E-state index < -0.39 is 0 Å². The van der Waals surface area contributed by atoms with Gasteiger partial charge in [-0.15, -0.1) is 22.7 Å². The normalized spacial score (nSPS) is 13.4. The molecule has 0 saturated heterocycles. The largest absolute Gasteiger partial charge is 0.364 e. The van der Waals surface area contributed by atoms with Crippen molar-refractivity contribution < 1.29 is 9.53 Å². The topological polar surface area (TPSA) is 64.1 Å².